The molecule has 0 radical (unpaired) electrons. The number of Topliss-reactive ketones (excluding diaryl/α,β-unsaturated/α-hetero) is 1. The molecule has 0 unspecified atom stereocenters. The van der Waals surface area contributed by atoms with Crippen LogP contribution in [0.3, 0.4) is 0 Å². The molecule has 3 N–H and O–H groups in total. The van der Waals surface area contributed by atoms with Crippen LogP contribution in [0.5, 0.6) is 0 Å². The summed E-state index contributed by atoms with van der Waals surface area (Å²) in [5, 5.41) is 2.82. The second-order valence-corrected chi connectivity index (χ2v) is 10.4. The molecule has 3 heterocycles. The summed E-state index contributed by atoms with van der Waals surface area (Å²) in [6.45, 7) is 4.71. The number of hydrogen-bond acceptors (Lipinski definition) is 14. The van der Waals surface area contributed by atoms with Crippen LogP contribution in [0.15, 0.2) is 12.1 Å². The van der Waals surface area contributed by atoms with E-state index in [2.05, 4.69) is 20.8 Å². The van der Waals surface area contributed by atoms with Gasteiger partial charge in [-0.2, -0.15) is 0 Å². The lowest BCUT2D eigenvalue weighted by Crippen LogP contribution is -2.41. The van der Waals surface area contributed by atoms with Crippen molar-refractivity contribution in [1.29, 1.82) is 0 Å². The molecule has 1 fully saturated rings. The highest BCUT2D eigenvalue weighted by Crippen LogP contribution is 2.47. The minimum Gasteiger partial charge on any atom is -0.465 e. The number of H-pyrrole nitrogens is 1. The summed E-state index contributed by atoms with van der Waals surface area (Å²) in [6, 6.07) is 2.50. The number of hydrogen-bond donors (Lipinski definition) is 3. The number of ether oxygens (including phenoxy) is 7. The molecule has 1 aliphatic carbocycles. The van der Waals surface area contributed by atoms with Crippen molar-refractivity contribution in [2.45, 2.75) is 32.0 Å². The third-order valence-corrected chi connectivity index (χ3v) is 7.20. The third-order valence-electron chi connectivity index (χ3n) is 7.20. The highest BCUT2D eigenvalue weighted by molar-refractivity contribution is 6.15. The molecule has 0 saturated carbocycles. The molecule has 1 saturated heterocycles. The maximum Gasteiger partial charge on any atom is 0.354 e. The van der Waals surface area contributed by atoms with Gasteiger partial charge in [0.25, 0.3) is 11.7 Å². The Morgan fingerprint density at radius 1 is 0.917 bits per heavy atom. The number of methoxy groups -OCH3 is 2. The zero-order valence-electron chi connectivity index (χ0n) is 27.1. The van der Waals surface area contributed by atoms with Crippen LogP contribution < -0.4 is 10.8 Å². The number of amides is 2. The predicted octanol–water partition coefficient (Wildman–Crippen LogP) is 1.06. The average Bonchev–Trinajstić information content (AvgIpc) is 3.77. The van der Waals surface area contributed by atoms with Gasteiger partial charge in [-0.3, -0.25) is 19.2 Å². The van der Waals surface area contributed by atoms with Crippen molar-refractivity contribution in [3.8, 4) is 11.3 Å². The number of carbonyl (C=O) groups is 5. The fourth-order valence-corrected chi connectivity index (χ4v) is 4.99. The summed E-state index contributed by atoms with van der Waals surface area (Å²) in [4.78, 5) is 75.7. The molecular weight excluding hydrogens is 636 g/mol. The molecule has 2 aromatic heterocycles. The highest BCUT2D eigenvalue weighted by atomic mass is 16.7. The standard InChI is InChI=1S/C31H40N4O13/c1-4-6-23(36)32-7-5-8-43-9-10-44-11-12-45-13-16-48-35-28(38)21-17-19(29(39)41-2)24-25-20(18-22(34-25)30(40)42-3)31(46-14-15-47-31)27(37)26(24)33-21/h17-18,34H,4-16H2,1-3H3,(H,32,36)(H,35,38). The van der Waals surface area contributed by atoms with Crippen molar-refractivity contribution in [2.75, 3.05) is 80.2 Å². The van der Waals surface area contributed by atoms with Crippen molar-refractivity contribution in [1.82, 2.24) is 20.8 Å². The van der Waals surface area contributed by atoms with Gasteiger partial charge in [-0.1, -0.05) is 6.92 Å². The van der Waals surface area contributed by atoms with Crippen molar-refractivity contribution < 1.29 is 62.0 Å². The van der Waals surface area contributed by atoms with E-state index < -0.39 is 29.4 Å². The predicted molar refractivity (Wildman–Crippen MR) is 163 cm³/mol. The smallest absolute Gasteiger partial charge is 0.354 e. The largest absolute Gasteiger partial charge is 0.465 e. The number of carbonyl (C=O) groups excluding carboxylic acids is 5. The van der Waals surface area contributed by atoms with Gasteiger partial charge < -0.3 is 43.5 Å². The zero-order chi connectivity index (χ0) is 34.5. The van der Waals surface area contributed by atoms with E-state index in [1.807, 2.05) is 6.92 Å². The van der Waals surface area contributed by atoms with E-state index in [-0.39, 0.29) is 78.4 Å². The van der Waals surface area contributed by atoms with Crippen molar-refractivity contribution in [3.63, 3.8) is 0 Å². The Morgan fingerprint density at radius 3 is 2.21 bits per heavy atom. The molecule has 1 aliphatic heterocycles. The van der Waals surface area contributed by atoms with Gasteiger partial charge in [-0.05, 0) is 25.0 Å². The molecule has 2 aliphatic rings. The number of esters is 2. The van der Waals surface area contributed by atoms with Gasteiger partial charge in [0.15, 0.2) is 0 Å². The number of fused-ring (bicyclic) bond motifs is 4. The number of aromatic nitrogens is 2. The Bertz CT molecular complexity index is 1470. The second kappa shape index (κ2) is 17.8. The lowest BCUT2D eigenvalue weighted by Gasteiger charge is -2.31. The number of pyridine rings is 1. The number of hydroxylamine groups is 1. The number of aromatic amines is 1. The van der Waals surface area contributed by atoms with E-state index in [1.165, 1.54) is 13.2 Å². The lowest BCUT2D eigenvalue weighted by atomic mass is 9.85. The Balaban J connectivity index is 1.26. The summed E-state index contributed by atoms with van der Waals surface area (Å²) in [5.74, 6) is -5.11. The summed E-state index contributed by atoms with van der Waals surface area (Å²) in [6.07, 6.45) is 2.07. The summed E-state index contributed by atoms with van der Waals surface area (Å²) in [7, 11) is 2.33. The fraction of sp³-hybridized carbons (Fsp3) is 0.548. The maximum absolute atomic E-state index is 13.8. The third kappa shape index (κ3) is 8.60. The zero-order valence-corrected chi connectivity index (χ0v) is 27.1. The van der Waals surface area contributed by atoms with Crippen LogP contribution in [0, 0.1) is 0 Å². The first-order valence-electron chi connectivity index (χ1n) is 15.5. The van der Waals surface area contributed by atoms with E-state index in [4.69, 9.17) is 38.0 Å². The van der Waals surface area contributed by atoms with E-state index in [9.17, 15) is 24.0 Å². The Morgan fingerprint density at radius 2 is 1.56 bits per heavy atom. The molecule has 17 nitrogen and oxygen atoms in total. The molecule has 262 valence electrons. The molecule has 2 aromatic rings. The number of nitrogens with zero attached hydrogens (tertiary/aromatic N) is 1. The van der Waals surface area contributed by atoms with Gasteiger partial charge in [-0.25, -0.2) is 20.1 Å². The first-order valence-corrected chi connectivity index (χ1v) is 15.5. The van der Waals surface area contributed by atoms with Gasteiger partial charge in [0.2, 0.25) is 11.7 Å². The van der Waals surface area contributed by atoms with E-state index in [1.54, 1.807) is 0 Å². The summed E-state index contributed by atoms with van der Waals surface area (Å²) in [5.41, 5.74) is 1.72. The topological polar surface area (TPSA) is 212 Å². The van der Waals surface area contributed by atoms with Crippen LogP contribution in [0.1, 0.15) is 73.6 Å². The quantitative estimate of drug-likeness (QED) is 0.108. The highest BCUT2D eigenvalue weighted by Gasteiger charge is 2.54. The van der Waals surface area contributed by atoms with Gasteiger partial charge in [0, 0.05) is 30.7 Å². The minimum absolute atomic E-state index is 0.00849. The normalized spacial score (nSPS) is 14.4. The Hall–Kier alpha value is -4.26. The van der Waals surface area contributed by atoms with Crippen molar-refractivity contribution in [2.24, 2.45) is 0 Å². The Kier molecular flexibility index (Phi) is 13.5. The summed E-state index contributed by atoms with van der Waals surface area (Å²) < 4.78 is 37.5. The van der Waals surface area contributed by atoms with E-state index >= 15 is 0 Å². The summed E-state index contributed by atoms with van der Waals surface area (Å²) >= 11 is 0. The molecule has 4 rings (SSSR count). The van der Waals surface area contributed by atoms with Gasteiger partial charge in [0.05, 0.1) is 78.3 Å². The lowest BCUT2D eigenvalue weighted by molar-refractivity contribution is -0.126. The van der Waals surface area contributed by atoms with Gasteiger partial charge >= 0.3 is 11.9 Å². The van der Waals surface area contributed by atoms with Gasteiger partial charge in [-0.15, -0.1) is 0 Å². The SMILES string of the molecule is CCCC(=O)NCCCOCCOCCOCCONC(=O)c1cc(C(=O)OC)c2c(n1)C(=O)C1(OCCO1)c1cc(C(=O)OC)[nH]c1-2. The van der Waals surface area contributed by atoms with Crippen molar-refractivity contribution in [3.05, 3.63) is 40.3 Å². The molecular formula is C31H40N4O13. The fourth-order valence-electron chi connectivity index (χ4n) is 4.99. The number of nitrogens with one attached hydrogen (secondary N) is 3. The molecule has 17 heteroatoms. The second-order valence-electron chi connectivity index (χ2n) is 10.4. The molecule has 0 atom stereocenters. The first kappa shape index (κ1) is 36.6. The molecule has 2 amide bonds. The van der Waals surface area contributed by atoms with Crippen LogP contribution in [-0.4, -0.2) is 120 Å². The van der Waals surface area contributed by atoms with Crippen LogP contribution in [0.2, 0.25) is 0 Å². The molecule has 0 bridgehead atoms. The number of ketones is 1. The average molecular weight is 677 g/mol. The molecule has 48 heavy (non-hydrogen) atoms. The van der Waals surface area contributed by atoms with Gasteiger partial charge in [0.1, 0.15) is 17.1 Å². The minimum atomic E-state index is -1.95. The Labute approximate surface area is 276 Å². The van der Waals surface area contributed by atoms with Crippen LogP contribution in [0.4, 0.5) is 0 Å². The van der Waals surface area contributed by atoms with Crippen LogP contribution in [0.25, 0.3) is 11.3 Å². The number of rotatable bonds is 19. The monoisotopic (exact) mass is 676 g/mol. The van der Waals surface area contributed by atoms with E-state index in [0.29, 0.717) is 39.4 Å². The van der Waals surface area contributed by atoms with Crippen LogP contribution in [-0.2, 0) is 48.6 Å². The maximum atomic E-state index is 13.8. The molecule has 1 spiro atoms. The first-order chi connectivity index (χ1) is 23.3. The van der Waals surface area contributed by atoms with E-state index in [0.717, 1.165) is 26.0 Å². The van der Waals surface area contributed by atoms with Crippen molar-refractivity contribution >= 4 is 29.5 Å². The van der Waals surface area contributed by atoms with Crippen LogP contribution >= 0.6 is 0 Å². The molecule has 0 aromatic carbocycles.